The van der Waals surface area contributed by atoms with E-state index in [0.717, 1.165) is 13.2 Å². The second-order valence-electron chi connectivity index (χ2n) is 2.61. The average molecular weight is 177 g/mol. The highest BCUT2D eigenvalue weighted by Gasteiger charge is 2.39. The van der Waals surface area contributed by atoms with E-state index in [-0.39, 0.29) is 0 Å². The molecule has 0 unspecified atom stereocenters. The topological polar surface area (TPSA) is 30.9 Å². The van der Waals surface area contributed by atoms with E-state index in [1.54, 1.807) is 14.2 Å². The Bertz CT molecular complexity index is 123. The summed E-state index contributed by atoms with van der Waals surface area (Å²) < 4.78 is 18.0. The van der Waals surface area contributed by atoms with Crippen LogP contribution in [0.15, 0.2) is 0 Å². The van der Waals surface area contributed by atoms with Gasteiger partial charge >= 0.3 is 8.72 Å². The van der Waals surface area contributed by atoms with Crippen LogP contribution in [-0.4, -0.2) is 47.4 Å². The van der Waals surface area contributed by atoms with Crippen molar-refractivity contribution >= 4 is 8.72 Å². The van der Waals surface area contributed by atoms with Gasteiger partial charge in [-0.15, -0.1) is 0 Å². The first-order valence-corrected chi connectivity index (χ1v) is 5.92. The van der Waals surface area contributed by atoms with Gasteiger partial charge in [0.2, 0.25) is 0 Å². The minimum absolute atomic E-state index is 0.643. The molecule has 1 saturated heterocycles. The lowest BCUT2D eigenvalue weighted by Gasteiger charge is -2.30. The van der Waals surface area contributed by atoms with Crippen molar-refractivity contribution in [2.75, 3.05) is 34.1 Å². The molecule has 11 heavy (non-hydrogen) atoms. The van der Waals surface area contributed by atoms with E-state index in [0.29, 0.717) is 6.73 Å². The Kier molecular flexibility index (Phi) is 3.03. The van der Waals surface area contributed by atoms with E-state index in [2.05, 4.69) is 4.57 Å². The molecule has 0 radical (unpaired) electrons. The van der Waals surface area contributed by atoms with Gasteiger partial charge in [-0.1, -0.05) is 0 Å². The number of ether oxygens (including phenoxy) is 1. The van der Waals surface area contributed by atoms with Crippen molar-refractivity contribution in [3.8, 4) is 0 Å². The van der Waals surface area contributed by atoms with Crippen LogP contribution in [0.4, 0.5) is 0 Å². The van der Waals surface area contributed by atoms with Crippen LogP contribution >= 0.6 is 0 Å². The molecule has 1 fully saturated rings. The summed E-state index contributed by atoms with van der Waals surface area (Å²) in [6.45, 7) is 4.37. The molecule has 1 aliphatic rings. The minimum Gasteiger partial charge on any atom is -0.386 e. The molecule has 0 saturated carbocycles. The average Bonchev–Trinajstić information content (AvgIpc) is 2.55. The summed E-state index contributed by atoms with van der Waals surface area (Å²) in [7, 11) is 1.32. The highest BCUT2D eigenvalue weighted by molar-refractivity contribution is 6.62. The van der Waals surface area contributed by atoms with Gasteiger partial charge in [0, 0.05) is 20.8 Å². The van der Waals surface area contributed by atoms with Gasteiger partial charge in [-0.2, -0.15) is 0 Å². The SMILES string of the molecule is CO[Si](C)(OC)N1CCOC1. The third-order valence-electron chi connectivity index (χ3n) is 2.08. The van der Waals surface area contributed by atoms with E-state index in [1.165, 1.54) is 0 Å². The van der Waals surface area contributed by atoms with Crippen LogP contribution in [0.3, 0.4) is 0 Å². The van der Waals surface area contributed by atoms with Gasteiger partial charge in [-0.05, 0) is 6.55 Å². The Morgan fingerprint density at radius 1 is 1.36 bits per heavy atom. The van der Waals surface area contributed by atoms with E-state index in [4.69, 9.17) is 13.6 Å². The fourth-order valence-electron chi connectivity index (χ4n) is 1.08. The quantitative estimate of drug-likeness (QED) is 0.574. The zero-order chi connectivity index (χ0) is 8.32. The van der Waals surface area contributed by atoms with Gasteiger partial charge in [0.15, 0.2) is 0 Å². The molecule has 0 amide bonds. The molecule has 0 atom stereocenters. The highest BCUT2D eigenvalue weighted by atomic mass is 28.4. The molecule has 0 aromatic heterocycles. The number of hydrogen-bond acceptors (Lipinski definition) is 4. The molecule has 5 heteroatoms. The Labute approximate surface area is 68.4 Å². The summed E-state index contributed by atoms with van der Waals surface area (Å²) in [6.07, 6.45) is 0. The maximum atomic E-state index is 5.33. The minimum atomic E-state index is -2.06. The Morgan fingerprint density at radius 3 is 2.36 bits per heavy atom. The Morgan fingerprint density at radius 2 is 2.00 bits per heavy atom. The van der Waals surface area contributed by atoms with Gasteiger partial charge < -0.3 is 13.6 Å². The third kappa shape index (κ3) is 1.80. The predicted octanol–water partition coefficient (Wildman–Crippen LogP) is 0.138. The maximum absolute atomic E-state index is 5.33. The van der Waals surface area contributed by atoms with Gasteiger partial charge in [-0.3, -0.25) is 4.57 Å². The van der Waals surface area contributed by atoms with Crippen molar-refractivity contribution in [2.24, 2.45) is 0 Å². The van der Waals surface area contributed by atoms with E-state index < -0.39 is 8.72 Å². The zero-order valence-electron chi connectivity index (χ0n) is 7.29. The lowest BCUT2D eigenvalue weighted by atomic mass is 10.7. The molecule has 1 aliphatic heterocycles. The third-order valence-corrected chi connectivity index (χ3v) is 5.10. The first kappa shape index (κ1) is 9.15. The monoisotopic (exact) mass is 177 g/mol. The largest absolute Gasteiger partial charge is 0.425 e. The Hall–Kier alpha value is 0.0569. The summed E-state index contributed by atoms with van der Waals surface area (Å²) in [4.78, 5) is 0. The first-order valence-electron chi connectivity index (χ1n) is 3.66. The second kappa shape index (κ2) is 3.64. The lowest BCUT2D eigenvalue weighted by Crippen LogP contribution is -2.53. The number of nitrogens with zero attached hydrogens (tertiary/aromatic N) is 1. The van der Waals surface area contributed by atoms with Crippen molar-refractivity contribution in [1.29, 1.82) is 0 Å². The van der Waals surface area contributed by atoms with Crippen LogP contribution in [0.1, 0.15) is 0 Å². The van der Waals surface area contributed by atoms with Crippen molar-refractivity contribution in [2.45, 2.75) is 6.55 Å². The molecule has 0 aromatic rings. The van der Waals surface area contributed by atoms with E-state index in [1.807, 2.05) is 6.55 Å². The molecule has 0 aliphatic carbocycles. The van der Waals surface area contributed by atoms with Crippen LogP contribution in [0, 0.1) is 0 Å². The van der Waals surface area contributed by atoms with Crippen LogP contribution in [0.2, 0.25) is 6.55 Å². The summed E-state index contributed by atoms with van der Waals surface area (Å²) in [6, 6.07) is 0. The Balaban J connectivity index is 2.52. The van der Waals surface area contributed by atoms with Gasteiger partial charge in [0.05, 0.1) is 13.3 Å². The normalized spacial score (nSPS) is 21.0. The molecular formula is C6H15NO3Si. The standard InChI is InChI=1S/C6H15NO3Si/c1-8-11(3,9-2)7-4-5-10-6-7/h4-6H2,1-3H3. The van der Waals surface area contributed by atoms with Crippen LogP contribution in [0.5, 0.6) is 0 Å². The molecule has 1 heterocycles. The van der Waals surface area contributed by atoms with Gasteiger partial charge in [0.25, 0.3) is 0 Å². The number of hydrogen-bond donors (Lipinski definition) is 0. The second-order valence-corrected chi connectivity index (χ2v) is 5.85. The summed E-state index contributed by atoms with van der Waals surface area (Å²) in [5.74, 6) is 0. The van der Waals surface area contributed by atoms with Crippen LogP contribution < -0.4 is 0 Å². The molecular weight excluding hydrogens is 162 g/mol. The van der Waals surface area contributed by atoms with E-state index >= 15 is 0 Å². The highest BCUT2D eigenvalue weighted by Crippen LogP contribution is 2.14. The van der Waals surface area contributed by atoms with Crippen molar-refractivity contribution in [3.63, 3.8) is 0 Å². The molecule has 4 nitrogen and oxygen atoms in total. The maximum Gasteiger partial charge on any atom is 0.425 e. The first-order chi connectivity index (χ1) is 5.23. The molecule has 0 bridgehead atoms. The molecule has 66 valence electrons. The van der Waals surface area contributed by atoms with Crippen LogP contribution in [0.25, 0.3) is 0 Å². The van der Waals surface area contributed by atoms with Gasteiger partial charge in [0.1, 0.15) is 0 Å². The number of rotatable bonds is 3. The predicted molar refractivity (Wildman–Crippen MR) is 43.2 cm³/mol. The molecule has 0 spiro atoms. The van der Waals surface area contributed by atoms with Gasteiger partial charge in [-0.25, -0.2) is 0 Å². The van der Waals surface area contributed by atoms with Crippen LogP contribution in [-0.2, 0) is 13.6 Å². The summed E-state index contributed by atoms with van der Waals surface area (Å²) in [5.41, 5.74) is 0. The molecule has 0 aromatic carbocycles. The van der Waals surface area contributed by atoms with Crippen molar-refractivity contribution < 1.29 is 13.6 Å². The van der Waals surface area contributed by atoms with Crippen molar-refractivity contribution in [1.82, 2.24) is 4.57 Å². The van der Waals surface area contributed by atoms with E-state index in [9.17, 15) is 0 Å². The van der Waals surface area contributed by atoms with Crippen molar-refractivity contribution in [3.05, 3.63) is 0 Å². The summed E-state index contributed by atoms with van der Waals surface area (Å²) >= 11 is 0. The smallest absolute Gasteiger partial charge is 0.386 e. The fraction of sp³-hybridized carbons (Fsp3) is 1.00. The zero-order valence-corrected chi connectivity index (χ0v) is 8.29. The fourth-order valence-corrected chi connectivity index (χ4v) is 2.58. The lowest BCUT2D eigenvalue weighted by molar-refractivity contribution is 0.126. The molecule has 0 N–H and O–H groups in total. The summed E-state index contributed by atoms with van der Waals surface area (Å²) in [5, 5.41) is 0. The molecule has 1 rings (SSSR count).